The fraction of sp³-hybridized carbons (Fsp3) is 0.500. The molecule has 5 heteroatoms. The van der Waals surface area contributed by atoms with Crippen molar-refractivity contribution in [3.63, 3.8) is 0 Å². The molecule has 1 aromatic heterocycles. The Balaban J connectivity index is 1.81. The first-order valence-corrected chi connectivity index (χ1v) is 5.93. The van der Waals surface area contributed by atoms with Crippen LogP contribution >= 0.6 is 0 Å². The lowest BCUT2D eigenvalue weighted by molar-refractivity contribution is 0.254. The van der Waals surface area contributed by atoms with E-state index in [1.807, 2.05) is 0 Å². The van der Waals surface area contributed by atoms with Gasteiger partial charge in [0.05, 0.1) is 0 Å². The van der Waals surface area contributed by atoms with E-state index in [0.717, 1.165) is 12.8 Å². The predicted molar refractivity (Wildman–Crippen MR) is 64.6 cm³/mol. The molecule has 1 saturated carbocycles. The second-order valence-corrected chi connectivity index (χ2v) is 4.28. The van der Waals surface area contributed by atoms with Crippen LogP contribution in [0.2, 0.25) is 0 Å². The van der Waals surface area contributed by atoms with Crippen molar-refractivity contribution >= 4 is 11.8 Å². The predicted octanol–water partition coefficient (Wildman–Crippen LogP) is 2.95. The van der Waals surface area contributed by atoms with Crippen molar-refractivity contribution in [2.45, 2.75) is 39.0 Å². The molecule has 2 N–H and O–H groups in total. The van der Waals surface area contributed by atoms with Crippen molar-refractivity contribution in [1.29, 1.82) is 0 Å². The first kappa shape index (κ1) is 11.7. The third-order valence-electron chi connectivity index (χ3n) is 2.77. The van der Waals surface area contributed by atoms with Gasteiger partial charge in [0, 0.05) is 12.3 Å². The Morgan fingerprint density at radius 2 is 2.18 bits per heavy atom. The van der Waals surface area contributed by atoms with Crippen LogP contribution in [0.3, 0.4) is 0 Å². The Bertz CT molecular complexity index is 415. The van der Waals surface area contributed by atoms with Crippen LogP contribution in [0.5, 0.6) is 0 Å². The number of nitrogens with zero attached hydrogens (tertiary/aromatic N) is 1. The largest absolute Gasteiger partial charge is 0.360 e. The second kappa shape index (κ2) is 5.52. The van der Waals surface area contributed by atoms with Crippen molar-refractivity contribution in [3.05, 3.63) is 23.6 Å². The number of amides is 2. The van der Waals surface area contributed by atoms with Crippen molar-refractivity contribution in [2.75, 3.05) is 5.32 Å². The van der Waals surface area contributed by atoms with Gasteiger partial charge < -0.3 is 9.84 Å². The zero-order valence-electron chi connectivity index (χ0n) is 9.95. The van der Waals surface area contributed by atoms with Crippen LogP contribution in [-0.2, 0) is 0 Å². The molecule has 1 fully saturated rings. The molecule has 0 aromatic carbocycles. The third kappa shape index (κ3) is 3.62. The molecule has 1 aliphatic carbocycles. The van der Waals surface area contributed by atoms with E-state index in [0.29, 0.717) is 11.6 Å². The first-order chi connectivity index (χ1) is 8.24. The maximum Gasteiger partial charge on any atom is 0.324 e. The van der Waals surface area contributed by atoms with Crippen LogP contribution in [0.25, 0.3) is 0 Å². The average molecular weight is 235 g/mol. The average Bonchev–Trinajstić information content (AvgIpc) is 2.73. The molecule has 0 spiro atoms. The van der Waals surface area contributed by atoms with Gasteiger partial charge in [-0.2, -0.15) is 0 Å². The minimum Gasteiger partial charge on any atom is -0.360 e. The minimum atomic E-state index is -0.281. The van der Waals surface area contributed by atoms with Crippen LogP contribution in [0.15, 0.2) is 22.4 Å². The number of hydrogen-bond acceptors (Lipinski definition) is 3. The van der Waals surface area contributed by atoms with Gasteiger partial charge in [0.2, 0.25) is 0 Å². The summed E-state index contributed by atoms with van der Waals surface area (Å²) in [6.45, 7) is 1.78. The fourth-order valence-electron chi connectivity index (χ4n) is 1.90. The number of carbonyl (C=O) groups is 1. The molecule has 92 valence electrons. The maximum atomic E-state index is 11.5. The molecule has 17 heavy (non-hydrogen) atoms. The van der Waals surface area contributed by atoms with E-state index in [1.54, 1.807) is 19.2 Å². The number of anilines is 1. The summed E-state index contributed by atoms with van der Waals surface area (Å²) in [4.78, 5) is 11.5. The molecule has 1 aromatic rings. The molecule has 0 saturated heterocycles. The Morgan fingerprint density at radius 1 is 1.41 bits per heavy atom. The van der Waals surface area contributed by atoms with Gasteiger partial charge in [0.1, 0.15) is 5.76 Å². The number of rotatable bonds is 2. The van der Waals surface area contributed by atoms with Gasteiger partial charge in [-0.25, -0.2) is 4.79 Å². The van der Waals surface area contributed by atoms with Gasteiger partial charge in [-0.05, 0) is 32.6 Å². The highest BCUT2D eigenvalue weighted by Gasteiger charge is 2.07. The summed E-state index contributed by atoms with van der Waals surface area (Å²) < 4.78 is 4.85. The number of nitrogens with one attached hydrogen (secondary N) is 2. The molecular weight excluding hydrogens is 218 g/mol. The van der Waals surface area contributed by atoms with Gasteiger partial charge >= 0.3 is 6.03 Å². The van der Waals surface area contributed by atoms with Crippen molar-refractivity contribution in [3.8, 4) is 0 Å². The lowest BCUT2D eigenvalue weighted by atomic mass is 9.96. The highest BCUT2D eigenvalue weighted by molar-refractivity contribution is 5.88. The van der Waals surface area contributed by atoms with E-state index in [2.05, 4.69) is 15.8 Å². The van der Waals surface area contributed by atoms with Crippen LogP contribution in [0, 0.1) is 6.92 Å². The number of aryl methyl sites for hydroxylation is 1. The Morgan fingerprint density at radius 3 is 2.82 bits per heavy atom. The Kier molecular flexibility index (Phi) is 3.80. The van der Waals surface area contributed by atoms with E-state index in [-0.39, 0.29) is 6.03 Å². The lowest BCUT2D eigenvalue weighted by Crippen LogP contribution is -2.24. The summed E-state index contributed by atoms with van der Waals surface area (Å²) in [5.74, 6) is 1.10. The van der Waals surface area contributed by atoms with Crippen LogP contribution < -0.4 is 10.6 Å². The normalized spacial score (nSPS) is 15.5. The number of urea groups is 1. The summed E-state index contributed by atoms with van der Waals surface area (Å²) in [5.41, 5.74) is 1.31. The molecule has 5 nitrogen and oxygen atoms in total. The molecule has 1 aliphatic rings. The number of aromatic nitrogens is 1. The van der Waals surface area contributed by atoms with E-state index >= 15 is 0 Å². The van der Waals surface area contributed by atoms with E-state index < -0.39 is 0 Å². The van der Waals surface area contributed by atoms with Gasteiger partial charge in [0.25, 0.3) is 0 Å². The SMILES string of the molecule is Cc1cc(NC(=O)NC=C2CCCCC2)no1. The zero-order valence-corrected chi connectivity index (χ0v) is 9.95. The molecule has 0 unspecified atom stereocenters. The first-order valence-electron chi connectivity index (χ1n) is 5.93. The summed E-state index contributed by atoms with van der Waals surface area (Å²) in [6.07, 6.45) is 7.71. The van der Waals surface area contributed by atoms with Gasteiger partial charge in [0.15, 0.2) is 5.82 Å². The number of carbonyl (C=O) groups excluding carboxylic acids is 1. The molecule has 0 radical (unpaired) electrons. The summed E-state index contributed by atoms with van der Waals surface area (Å²) in [7, 11) is 0. The highest BCUT2D eigenvalue weighted by atomic mass is 16.5. The smallest absolute Gasteiger partial charge is 0.324 e. The Hall–Kier alpha value is -1.78. The van der Waals surface area contributed by atoms with Gasteiger partial charge in [-0.3, -0.25) is 5.32 Å². The summed E-state index contributed by atoms with van der Waals surface area (Å²) in [6, 6.07) is 1.39. The highest BCUT2D eigenvalue weighted by Crippen LogP contribution is 2.21. The molecule has 2 amide bonds. The topological polar surface area (TPSA) is 67.2 Å². The van der Waals surface area contributed by atoms with E-state index in [4.69, 9.17) is 4.52 Å². The minimum absolute atomic E-state index is 0.281. The van der Waals surface area contributed by atoms with E-state index in [1.165, 1.54) is 24.8 Å². The van der Waals surface area contributed by atoms with Crippen molar-refractivity contribution in [1.82, 2.24) is 10.5 Å². The third-order valence-corrected chi connectivity index (χ3v) is 2.77. The number of allylic oxidation sites excluding steroid dienone is 1. The van der Waals surface area contributed by atoms with Crippen molar-refractivity contribution < 1.29 is 9.32 Å². The van der Waals surface area contributed by atoms with Crippen LogP contribution in [0.4, 0.5) is 10.6 Å². The monoisotopic (exact) mass is 235 g/mol. The van der Waals surface area contributed by atoms with Gasteiger partial charge in [-0.15, -0.1) is 0 Å². The molecule has 2 rings (SSSR count). The molecular formula is C12H17N3O2. The quantitative estimate of drug-likeness (QED) is 0.828. The number of hydrogen-bond donors (Lipinski definition) is 2. The molecule has 1 heterocycles. The lowest BCUT2D eigenvalue weighted by Gasteiger charge is -2.13. The standard InChI is InChI=1S/C12H17N3O2/c1-9-7-11(15-17-9)14-12(16)13-8-10-5-3-2-4-6-10/h7-8H,2-6H2,1H3,(H2,13,14,15,16). The zero-order chi connectivity index (χ0) is 12.1. The fourth-order valence-corrected chi connectivity index (χ4v) is 1.90. The summed E-state index contributed by atoms with van der Waals surface area (Å²) in [5, 5.41) is 9.00. The summed E-state index contributed by atoms with van der Waals surface area (Å²) >= 11 is 0. The molecule has 0 aliphatic heterocycles. The van der Waals surface area contributed by atoms with E-state index in [9.17, 15) is 4.79 Å². The van der Waals surface area contributed by atoms with Gasteiger partial charge in [-0.1, -0.05) is 17.2 Å². The van der Waals surface area contributed by atoms with Crippen LogP contribution in [-0.4, -0.2) is 11.2 Å². The maximum absolute atomic E-state index is 11.5. The van der Waals surface area contributed by atoms with Crippen LogP contribution in [0.1, 0.15) is 37.9 Å². The molecule has 0 bridgehead atoms. The molecule has 0 atom stereocenters. The van der Waals surface area contributed by atoms with Crippen molar-refractivity contribution in [2.24, 2.45) is 0 Å². The Labute approximate surface area is 100 Å². The second-order valence-electron chi connectivity index (χ2n) is 4.28.